The standard InChI is InChI=1S/C14H31NO3/c1-4-13(16)7-8-15-10-14(17)11-18-9-5-6-12(2)3/h12-17H,4-11H2,1-3H3. The Labute approximate surface area is 112 Å². The summed E-state index contributed by atoms with van der Waals surface area (Å²) in [5.74, 6) is 0.713. The van der Waals surface area contributed by atoms with Gasteiger partial charge in [0.1, 0.15) is 0 Å². The molecule has 0 saturated heterocycles. The molecule has 0 radical (unpaired) electrons. The van der Waals surface area contributed by atoms with Gasteiger partial charge in [0.15, 0.2) is 0 Å². The summed E-state index contributed by atoms with van der Waals surface area (Å²) in [6.07, 6.45) is 3.05. The minimum Gasteiger partial charge on any atom is -0.393 e. The highest BCUT2D eigenvalue weighted by Crippen LogP contribution is 2.03. The largest absolute Gasteiger partial charge is 0.393 e. The molecule has 0 spiro atoms. The second kappa shape index (κ2) is 11.9. The van der Waals surface area contributed by atoms with Gasteiger partial charge in [-0.25, -0.2) is 0 Å². The molecule has 0 saturated carbocycles. The van der Waals surface area contributed by atoms with Gasteiger partial charge in [-0.05, 0) is 38.1 Å². The Kier molecular flexibility index (Phi) is 11.8. The minimum absolute atomic E-state index is 0.234. The lowest BCUT2D eigenvalue weighted by Crippen LogP contribution is -2.32. The van der Waals surface area contributed by atoms with E-state index in [2.05, 4.69) is 19.2 Å². The van der Waals surface area contributed by atoms with Crippen LogP contribution < -0.4 is 5.32 Å². The summed E-state index contributed by atoms with van der Waals surface area (Å²) in [7, 11) is 0. The molecule has 2 unspecified atom stereocenters. The van der Waals surface area contributed by atoms with Crippen molar-refractivity contribution < 1.29 is 14.9 Å². The number of rotatable bonds is 12. The molecule has 0 amide bonds. The van der Waals surface area contributed by atoms with E-state index >= 15 is 0 Å². The third-order valence-electron chi connectivity index (χ3n) is 2.89. The van der Waals surface area contributed by atoms with E-state index in [9.17, 15) is 10.2 Å². The van der Waals surface area contributed by atoms with Crippen molar-refractivity contribution in [3.8, 4) is 0 Å². The van der Waals surface area contributed by atoms with Crippen molar-refractivity contribution >= 4 is 0 Å². The van der Waals surface area contributed by atoms with Crippen LogP contribution in [0, 0.1) is 5.92 Å². The highest BCUT2D eigenvalue weighted by molar-refractivity contribution is 4.61. The maximum Gasteiger partial charge on any atom is 0.0897 e. The Bertz CT molecular complexity index is 176. The Morgan fingerprint density at radius 2 is 1.83 bits per heavy atom. The Hall–Kier alpha value is -0.160. The first kappa shape index (κ1) is 17.8. The summed E-state index contributed by atoms with van der Waals surface area (Å²) in [4.78, 5) is 0. The Morgan fingerprint density at radius 3 is 2.44 bits per heavy atom. The highest BCUT2D eigenvalue weighted by Gasteiger charge is 2.05. The third kappa shape index (κ3) is 12.3. The molecule has 0 rings (SSSR count). The topological polar surface area (TPSA) is 61.7 Å². The normalized spacial score (nSPS) is 15.0. The molecule has 0 bridgehead atoms. The van der Waals surface area contributed by atoms with Crippen LogP contribution >= 0.6 is 0 Å². The van der Waals surface area contributed by atoms with E-state index in [4.69, 9.17) is 4.74 Å². The van der Waals surface area contributed by atoms with Gasteiger partial charge >= 0.3 is 0 Å². The number of aliphatic hydroxyl groups is 2. The fourth-order valence-electron chi connectivity index (χ4n) is 1.61. The lowest BCUT2D eigenvalue weighted by molar-refractivity contribution is 0.0343. The molecule has 0 aliphatic rings. The van der Waals surface area contributed by atoms with Crippen LogP contribution in [0.2, 0.25) is 0 Å². The van der Waals surface area contributed by atoms with E-state index in [1.54, 1.807) is 0 Å². The summed E-state index contributed by atoms with van der Waals surface area (Å²) in [5, 5.41) is 22.1. The molecule has 3 N–H and O–H groups in total. The summed E-state index contributed by atoms with van der Waals surface area (Å²) in [5.41, 5.74) is 0. The lowest BCUT2D eigenvalue weighted by Gasteiger charge is -2.13. The van der Waals surface area contributed by atoms with Gasteiger partial charge in [0.2, 0.25) is 0 Å². The van der Waals surface area contributed by atoms with Crippen LogP contribution in [0.5, 0.6) is 0 Å². The SMILES string of the molecule is CCC(O)CCNCC(O)COCCCC(C)C. The minimum atomic E-state index is -0.456. The van der Waals surface area contributed by atoms with E-state index in [1.165, 1.54) is 6.42 Å². The third-order valence-corrected chi connectivity index (χ3v) is 2.89. The molecule has 4 nitrogen and oxygen atoms in total. The van der Waals surface area contributed by atoms with Crippen molar-refractivity contribution in [1.82, 2.24) is 5.32 Å². The van der Waals surface area contributed by atoms with Crippen LogP contribution in [-0.4, -0.2) is 48.7 Å². The van der Waals surface area contributed by atoms with Crippen molar-refractivity contribution in [2.45, 2.75) is 58.7 Å². The smallest absolute Gasteiger partial charge is 0.0897 e. The van der Waals surface area contributed by atoms with E-state index < -0.39 is 6.10 Å². The molecule has 4 heteroatoms. The van der Waals surface area contributed by atoms with E-state index in [0.717, 1.165) is 32.4 Å². The molecule has 0 aromatic rings. The first-order valence-corrected chi connectivity index (χ1v) is 7.20. The van der Waals surface area contributed by atoms with Gasteiger partial charge in [0, 0.05) is 13.2 Å². The van der Waals surface area contributed by atoms with Crippen LogP contribution in [0.1, 0.15) is 46.5 Å². The van der Waals surface area contributed by atoms with Crippen molar-refractivity contribution in [2.75, 3.05) is 26.3 Å². The second-order valence-electron chi connectivity index (χ2n) is 5.32. The van der Waals surface area contributed by atoms with E-state index in [1.807, 2.05) is 6.92 Å². The molecular formula is C14H31NO3. The summed E-state index contributed by atoms with van der Waals surface area (Å²) < 4.78 is 5.41. The number of nitrogens with one attached hydrogen (secondary N) is 1. The molecule has 0 heterocycles. The van der Waals surface area contributed by atoms with Gasteiger partial charge in [0.25, 0.3) is 0 Å². The maximum atomic E-state index is 9.63. The van der Waals surface area contributed by atoms with Gasteiger partial charge in [-0.15, -0.1) is 0 Å². The van der Waals surface area contributed by atoms with Crippen LogP contribution in [0.4, 0.5) is 0 Å². The zero-order valence-electron chi connectivity index (χ0n) is 12.2. The summed E-state index contributed by atoms with van der Waals surface area (Å²) in [6, 6.07) is 0. The zero-order chi connectivity index (χ0) is 13.8. The molecule has 18 heavy (non-hydrogen) atoms. The van der Waals surface area contributed by atoms with Crippen LogP contribution in [0.15, 0.2) is 0 Å². The molecule has 2 atom stereocenters. The molecule has 0 aromatic carbocycles. The molecule has 0 aliphatic carbocycles. The average molecular weight is 261 g/mol. The first-order valence-electron chi connectivity index (χ1n) is 7.20. The number of hydrogen-bond donors (Lipinski definition) is 3. The van der Waals surface area contributed by atoms with Crippen molar-refractivity contribution in [3.05, 3.63) is 0 Å². The van der Waals surface area contributed by atoms with Crippen LogP contribution in [0.25, 0.3) is 0 Å². The van der Waals surface area contributed by atoms with Gasteiger partial charge in [-0.3, -0.25) is 0 Å². The van der Waals surface area contributed by atoms with Crippen LogP contribution in [0.3, 0.4) is 0 Å². The Morgan fingerprint density at radius 1 is 1.11 bits per heavy atom. The van der Waals surface area contributed by atoms with E-state index in [0.29, 0.717) is 19.1 Å². The predicted octanol–water partition coefficient (Wildman–Crippen LogP) is 1.55. The quantitative estimate of drug-likeness (QED) is 0.467. The van der Waals surface area contributed by atoms with Crippen LogP contribution in [-0.2, 0) is 4.74 Å². The lowest BCUT2D eigenvalue weighted by atomic mass is 10.1. The van der Waals surface area contributed by atoms with E-state index in [-0.39, 0.29) is 6.10 Å². The fourth-order valence-corrected chi connectivity index (χ4v) is 1.61. The summed E-state index contributed by atoms with van der Waals surface area (Å²) in [6.45, 7) is 8.74. The van der Waals surface area contributed by atoms with Gasteiger partial charge in [-0.1, -0.05) is 20.8 Å². The second-order valence-corrected chi connectivity index (χ2v) is 5.32. The first-order chi connectivity index (χ1) is 8.56. The molecule has 110 valence electrons. The molecule has 0 fully saturated rings. The van der Waals surface area contributed by atoms with Crippen molar-refractivity contribution in [3.63, 3.8) is 0 Å². The fraction of sp³-hybridized carbons (Fsp3) is 1.00. The number of hydrogen-bond acceptors (Lipinski definition) is 4. The number of ether oxygens (including phenoxy) is 1. The Balaban J connectivity index is 3.24. The summed E-state index contributed by atoms with van der Waals surface area (Å²) >= 11 is 0. The van der Waals surface area contributed by atoms with Crippen molar-refractivity contribution in [2.24, 2.45) is 5.92 Å². The monoisotopic (exact) mass is 261 g/mol. The van der Waals surface area contributed by atoms with Gasteiger partial charge in [0.05, 0.1) is 18.8 Å². The molecular weight excluding hydrogens is 230 g/mol. The molecule has 0 aliphatic heterocycles. The van der Waals surface area contributed by atoms with Crippen molar-refractivity contribution in [1.29, 1.82) is 0 Å². The van der Waals surface area contributed by atoms with Gasteiger partial charge < -0.3 is 20.3 Å². The average Bonchev–Trinajstić information content (AvgIpc) is 2.33. The molecule has 0 aromatic heterocycles. The zero-order valence-corrected chi connectivity index (χ0v) is 12.2. The predicted molar refractivity (Wildman–Crippen MR) is 74.7 cm³/mol. The maximum absolute atomic E-state index is 9.63. The highest BCUT2D eigenvalue weighted by atomic mass is 16.5. The number of aliphatic hydroxyl groups excluding tert-OH is 2. The van der Waals surface area contributed by atoms with Gasteiger partial charge in [-0.2, -0.15) is 0 Å².